The Morgan fingerprint density at radius 3 is 2.41 bits per heavy atom. The normalized spacial score (nSPS) is 21.9. The molecule has 0 bridgehead atoms. The predicted molar refractivity (Wildman–Crippen MR) is 116 cm³/mol. The first-order valence-corrected chi connectivity index (χ1v) is 10.5. The molecule has 2 fully saturated rings. The van der Waals surface area contributed by atoms with Gasteiger partial charge in [-0.3, -0.25) is 19.4 Å². The summed E-state index contributed by atoms with van der Waals surface area (Å²) in [4.78, 5) is 52.3. The van der Waals surface area contributed by atoms with Crippen LogP contribution < -0.4 is 4.74 Å². The lowest BCUT2D eigenvalue weighted by Crippen LogP contribution is -2.48. The summed E-state index contributed by atoms with van der Waals surface area (Å²) in [6.45, 7) is 1.41. The van der Waals surface area contributed by atoms with Crippen LogP contribution in [0.4, 0.5) is 0 Å². The number of hydrogen-bond donors (Lipinski definition) is 0. The summed E-state index contributed by atoms with van der Waals surface area (Å²) in [7, 11) is 5.02. The highest BCUT2D eigenvalue weighted by atomic mass is 16.5. The van der Waals surface area contributed by atoms with Crippen molar-refractivity contribution in [3.05, 3.63) is 54.1 Å². The van der Waals surface area contributed by atoms with Crippen LogP contribution in [0.25, 0.3) is 0 Å². The highest BCUT2D eigenvalue weighted by Gasteiger charge is 2.59. The van der Waals surface area contributed by atoms with Gasteiger partial charge in [0.1, 0.15) is 11.4 Å². The third-order valence-electron chi connectivity index (χ3n) is 6.38. The number of carbonyl (C=O) groups excluding carboxylic acids is 3. The number of methoxy groups -OCH3 is 1. The molecule has 0 aliphatic carbocycles. The van der Waals surface area contributed by atoms with E-state index in [1.807, 2.05) is 24.3 Å². The van der Waals surface area contributed by atoms with Crippen LogP contribution in [-0.4, -0.2) is 89.8 Å². The van der Waals surface area contributed by atoms with Crippen molar-refractivity contribution in [2.75, 3.05) is 47.4 Å². The number of aromatic nitrogens is 2. The maximum atomic E-state index is 13.3. The smallest absolute Gasteiger partial charge is 0.274 e. The molecule has 1 aromatic carbocycles. The van der Waals surface area contributed by atoms with Gasteiger partial charge in [0.15, 0.2) is 0 Å². The van der Waals surface area contributed by atoms with E-state index in [9.17, 15) is 14.4 Å². The molecule has 0 saturated carbocycles. The van der Waals surface area contributed by atoms with Crippen molar-refractivity contribution >= 4 is 17.7 Å². The van der Waals surface area contributed by atoms with E-state index in [-0.39, 0.29) is 42.3 Å². The van der Waals surface area contributed by atoms with Crippen molar-refractivity contribution in [3.63, 3.8) is 0 Å². The molecule has 9 nitrogen and oxygen atoms in total. The molecule has 2 atom stereocenters. The summed E-state index contributed by atoms with van der Waals surface area (Å²) in [6, 6.07) is 7.40. The summed E-state index contributed by atoms with van der Waals surface area (Å²) in [5.74, 6) is 0.284. The average molecular weight is 438 g/mol. The minimum absolute atomic E-state index is 0.0256. The Balaban J connectivity index is 1.51. The van der Waals surface area contributed by atoms with Crippen molar-refractivity contribution in [2.24, 2.45) is 11.3 Å². The first-order valence-electron chi connectivity index (χ1n) is 10.5. The van der Waals surface area contributed by atoms with E-state index in [4.69, 9.17) is 4.74 Å². The van der Waals surface area contributed by atoms with Gasteiger partial charge in [0.25, 0.3) is 5.91 Å². The fourth-order valence-corrected chi connectivity index (χ4v) is 4.76. The van der Waals surface area contributed by atoms with Crippen LogP contribution in [0.15, 0.2) is 42.9 Å². The molecule has 2 aliphatic rings. The van der Waals surface area contributed by atoms with E-state index in [0.29, 0.717) is 19.6 Å². The van der Waals surface area contributed by atoms with Crippen molar-refractivity contribution in [1.82, 2.24) is 24.7 Å². The molecular weight excluding hydrogens is 410 g/mol. The van der Waals surface area contributed by atoms with Gasteiger partial charge in [-0.2, -0.15) is 0 Å². The zero-order chi connectivity index (χ0) is 22.9. The van der Waals surface area contributed by atoms with Crippen LogP contribution in [0, 0.1) is 11.3 Å². The van der Waals surface area contributed by atoms with Crippen molar-refractivity contribution in [2.45, 2.75) is 6.42 Å². The van der Waals surface area contributed by atoms with Gasteiger partial charge in [0.05, 0.1) is 25.1 Å². The molecule has 168 valence electrons. The van der Waals surface area contributed by atoms with Gasteiger partial charge in [0, 0.05) is 58.6 Å². The van der Waals surface area contributed by atoms with Gasteiger partial charge < -0.3 is 19.4 Å². The third-order valence-corrected chi connectivity index (χ3v) is 6.38. The summed E-state index contributed by atoms with van der Waals surface area (Å²) in [5, 5.41) is 0. The van der Waals surface area contributed by atoms with Crippen LogP contribution in [0.2, 0.25) is 0 Å². The van der Waals surface area contributed by atoms with E-state index < -0.39 is 5.41 Å². The quantitative estimate of drug-likeness (QED) is 0.684. The van der Waals surface area contributed by atoms with Crippen LogP contribution in [-0.2, 0) is 16.0 Å². The van der Waals surface area contributed by atoms with Gasteiger partial charge in [-0.25, -0.2) is 4.98 Å². The molecule has 2 saturated heterocycles. The second-order valence-electron chi connectivity index (χ2n) is 8.63. The zero-order valence-corrected chi connectivity index (χ0v) is 18.5. The van der Waals surface area contributed by atoms with Crippen LogP contribution >= 0.6 is 0 Å². The maximum absolute atomic E-state index is 13.3. The first kappa shape index (κ1) is 21.7. The molecule has 3 heterocycles. The monoisotopic (exact) mass is 437 g/mol. The van der Waals surface area contributed by atoms with Gasteiger partial charge in [0.2, 0.25) is 11.8 Å². The minimum atomic E-state index is -0.809. The highest BCUT2D eigenvalue weighted by molar-refractivity contribution is 5.94. The lowest BCUT2D eigenvalue weighted by atomic mass is 9.80. The molecule has 0 spiro atoms. The molecular formula is C23H27N5O4. The second kappa shape index (κ2) is 8.57. The molecule has 2 aromatic rings. The molecule has 0 radical (unpaired) electrons. The molecule has 4 rings (SSSR count). The van der Waals surface area contributed by atoms with E-state index in [0.717, 1.165) is 11.3 Å². The Labute approximate surface area is 187 Å². The van der Waals surface area contributed by atoms with Gasteiger partial charge in [-0.05, 0) is 17.7 Å². The molecule has 2 aliphatic heterocycles. The zero-order valence-electron chi connectivity index (χ0n) is 18.5. The van der Waals surface area contributed by atoms with Crippen LogP contribution in [0.1, 0.15) is 16.1 Å². The molecule has 3 amide bonds. The van der Waals surface area contributed by atoms with E-state index in [1.165, 1.54) is 18.6 Å². The Kier molecular flexibility index (Phi) is 5.82. The molecule has 0 N–H and O–H groups in total. The summed E-state index contributed by atoms with van der Waals surface area (Å²) in [6.07, 6.45) is 4.68. The predicted octanol–water partition coefficient (Wildman–Crippen LogP) is 0.717. The van der Waals surface area contributed by atoms with Gasteiger partial charge in [-0.15, -0.1) is 0 Å². The highest BCUT2D eigenvalue weighted by Crippen LogP contribution is 2.44. The van der Waals surface area contributed by atoms with E-state index in [1.54, 1.807) is 35.9 Å². The minimum Gasteiger partial charge on any atom is -0.497 e. The molecule has 9 heteroatoms. The average Bonchev–Trinajstić information content (AvgIpc) is 3.35. The first-order chi connectivity index (χ1) is 15.3. The van der Waals surface area contributed by atoms with Crippen LogP contribution in [0.3, 0.4) is 0 Å². The number of rotatable bonds is 5. The number of amides is 3. The molecule has 1 aromatic heterocycles. The standard InChI is InChI=1S/C23H27N5O4/c1-26(2)22(31)23-14-27(20(29)10-16-4-6-18(32-3)7-5-16)12-17(23)13-28(15-23)21(30)19-11-24-8-9-25-19/h4-9,11,17H,10,12-15H2,1-3H3/t17-,23-/m1/s1. The summed E-state index contributed by atoms with van der Waals surface area (Å²) in [5.41, 5.74) is 0.337. The Morgan fingerprint density at radius 2 is 1.78 bits per heavy atom. The van der Waals surface area contributed by atoms with Gasteiger partial charge in [-0.1, -0.05) is 12.1 Å². The second-order valence-corrected chi connectivity index (χ2v) is 8.63. The summed E-state index contributed by atoms with van der Waals surface area (Å²) < 4.78 is 5.17. The van der Waals surface area contributed by atoms with Gasteiger partial charge >= 0.3 is 0 Å². The maximum Gasteiger partial charge on any atom is 0.274 e. The molecule has 0 unspecified atom stereocenters. The number of carbonyl (C=O) groups is 3. The fraction of sp³-hybridized carbons (Fsp3) is 0.435. The SMILES string of the molecule is COc1ccc(CC(=O)N2C[C@@H]3CN(C(=O)c4cnccn4)C[C@]3(C(=O)N(C)C)C2)cc1. The van der Waals surface area contributed by atoms with Crippen LogP contribution in [0.5, 0.6) is 5.75 Å². The number of nitrogens with zero attached hydrogens (tertiary/aromatic N) is 5. The topological polar surface area (TPSA) is 95.9 Å². The Bertz CT molecular complexity index is 1010. The van der Waals surface area contributed by atoms with E-state index >= 15 is 0 Å². The Morgan fingerprint density at radius 1 is 1.09 bits per heavy atom. The van der Waals surface area contributed by atoms with Crippen molar-refractivity contribution in [1.29, 1.82) is 0 Å². The van der Waals surface area contributed by atoms with Crippen molar-refractivity contribution < 1.29 is 19.1 Å². The summed E-state index contributed by atoms with van der Waals surface area (Å²) >= 11 is 0. The Hall–Kier alpha value is -3.49. The number of benzene rings is 1. The third kappa shape index (κ3) is 3.90. The fourth-order valence-electron chi connectivity index (χ4n) is 4.76. The number of fused-ring (bicyclic) bond motifs is 1. The van der Waals surface area contributed by atoms with E-state index in [2.05, 4.69) is 9.97 Å². The lowest BCUT2D eigenvalue weighted by molar-refractivity contribution is -0.140. The largest absolute Gasteiger partial charge is 0.497 e. The number of likely N-dealkylation sites (tertiary alicyclic amines) is 2. The number of ether oxygens (including phenoxy) is 1. The van der Waals surface area contributed by atoms with Crippen molar-refractivity contribution in [3.8, 4) is 5.75 Å². The lowest BCUT2D eigenvalue weighted by Gasteiger charge is -2.30. The number of hydrogen-bond acceptors (Lipinski definition) is 6. The molecule has 32 heavy (non-hydrogen) atoms.